The molecular formula is C21H16BrNO4S. The number of amides is 1. The van der Waals surface area contributed by atoms with Crippen molar-refractivity contribution in [1.29, 1.82) is 0 Å². The summed E-state index contributed by atoms with van der Waals surface area (Å²) in [6, 6.07) is 19.3. The Morgan fingerprint density at radius 1 is 0.857 bits per heavy atom. The fraction of sp³-hybridized carbons (Fsp3) is 0.0476. The topological polar surface area (TPSA) is 80.3 Å². The highest BCUT2D eigenvalue weighted by Gasteiger charge is 2.18. The van der Waals surface area contributed by atoms with Gasteiger partial charge in [-0.3, -0.25) is 9.59 Å². The molecule has 0 bridgehead atoms. The van der Waals surface area contributed by atoms with E-state index in [9.17, 15) is 18.0 Å². The lowest BCUT2D eigenvalue weighted by molar-refractivity contribution is 0.0996. The van der Waals surface area contributed by atoms with Crippen LogP contribution in [0.5, 0.6) is 0 Å². The second-order valence-corrected chi connectivity index (χ2v) is 9.07. The van der Waals surface area contributed by atoms with E-state index in [-0.39, 0.29) is 21.8 Å². The quantitative estimate of drug-likeness (QED) is 0.577. The summed E-state index contributed by atoms with van der Waals surface area (Å²) in [4.78, 5) is 25.7. The molecule has 5 nitrogen and oxygen atoms in total. The van der Waals surface area contributed by atoms with E-state index in [0.717, 1.165) is 10.7 Å². The second-order valence-electron chi connectivity index (χ2n) is 6.14. The Balaban J connectivity index is 1.91. The number of rotatable bonds is 5. The molecule has 0 saturated carbocycles. The molecule has 142 valence electrons. The van der Waals surface area contributed by atoms with Gasteiger partial charge in [0.25, 0.3) is 5.91 Å². The van der Waals surface area contributed by atoms with Crippen molar-refractivity contribution in [1.82, 2.24) is 0 Å². The van der Waals surface area contributed by atoms with E-state index >= 15 is 0 Å². The normalized spacial score (nSPS) is 11.1. The monoisotopic (exact) mass is 457 g/mol. The zero-order chi connectivity index (χ0) is 20.3. The first-order valence-corrected chi connectivity index (χ1v) is 10.9. The Morgan fingerprint density at radius 3 is 2.14 bits per heavy atom. The Bertz CT molecular complexity index is 1160. The molecule has 1 amide bonds. The van der Waals surface area contributed by atoms with Crippen molar-refractivity contribution in [3.63, 3.8) is 0 Å². The summed E-state index contributed by atoms with van der Waals surface area (Å²) < 4.78 is 24.3. The van der Waals surface area contributed by atoms with Gasteiger partial charge in [0.1, 0.15) is 0 Å². The number of benzene rings is 3. The average Bonchev–Trinajstić information content (AvgIpc) is 2.67. The fourth-order valence-electron chi connectivity index (χ4n) is 2.64. The molecule has 0 fully saturated rings. The fourth-order valence-corrected chi connectivity index (χ4v) is 3.57. The lowest BCUT2D eigenvalue weighted by atomic mass is 9.98. The summed E-state index contributed by atoms with van der Waals surface area (Å²) in [7, 11) is -3.40. The maximum absolute atomic E-state index is 12.8. The van der Waals surface area contributed by atoms with Crippen molar-refractivity contribution in [2.75, 3.05) is 11.6 Å². The summed E-state index contributed by atoms with van der Waals surface area (Å²) in [5, 5.41) is 2.66. The SMILES string of the molecule is CS(=O)(=O)c1cccc(NC(=O)c2ccccc2C(=O)c2ccc(Br)cc2)c1. The van der Waals surface area contributed by atoms with Gasteiger partial charge < -0.3 is 5.32 Å². The first-order valence-electron chi connectivity index (χ1n) is 8.26. The van der Waals surface area contributed by atoms with Gasteiger partial charge in [-0.1, -0.05) is 40.2 Å². The molecule has 0 atom stereocenters. The molecule has 0 aliphatic carbocycles. The standard InChI is InChI=1S/C21H16BrNO4S/c1-28(26,27)17-6-4-5-16(13-17)23-21(25)19-8-3-2-7-18(19)20(24)14-9-11-15(22)12-10-14/h2-13H,1H3,(H,23,25). The van der Waals surface area contributed by atoms with Crippen molar-refractivity contribution in [2.24, 2.45) is 0 Å². The third-order valence-electron chi connectivity index (χ3n) is 4.04. The van der Waals surface area contributed by atoms with Crippen LogP contribution in [-0.4, -0.2) is 26.4 Å². The molecule has 3 aromatic rings. The molecule has 0 unspecified atom stereocenters. The maximum Gasteiger partial charge on any atom is 0.256 e. The smallest absolute Gasteiger partial charge is 0.256 e. The molecular weight excluding hydrogens is 442 g/mol. The lowest BCUT2D eigenvalue weighted by Gasteiger charge is -2.10. The van der Waals surface area contributed by atoms with Gasteiger partial charge in [-0.25, -0.2) is 8.42 Å². The summed E-state index contributed by atoms with van der Waals surface area (Å²) >= 11 is 3.33. The van der Waals surface area contributed by atoms with Crippen LogP contribution in [0.3, 0.4) is 0 Å². The number of sulfone groups is 1. The van der Waals surface area contributed by atoms with Gasteiger partial charge in [0.05, 0.1) is 10.5 Å². The highest BCUT2D eigenvalue weighted by molar-refractivity contribution is 9.10. The Labute approximate surface area is 171 Å². The number of halogens is 1. The van der Waals surface area contributed by atoms with Gasteiger partial charge in [0.2, 0.25) is 0 Å². The number of ketones is 1. The van der Waals surface area contributed by atoms with E-state index in [4.69, 9.17) is 0 Å². The molecule has 28 heavy (non-hydrogen) atoms. The van der Waals surface area contributed by atoms with E-state index in [1.165, 1.54) is 12.1 Å². The van der Waals surface area contributed by atoms with Gasteiger partial charge in [-0.15, -0.1) is 0 Å². The number of anilines is 1. The van der Waals surface area contributed by atoms with Crippen LogP contribution in [0.15, 0.2) is 82.2 Å². The van der Waals surface area contributed by atoms with Crippen LogP contribution < -0.4 is 5.32 Å². The molecule has 0 aliphatic heterocycles. The van der Waals surface area contributed by atoms with E-state index in [1.807, 2.05) is 0 Å². The number of nitrogens with one attached hydrogen (secondary N) is 1. The van der Waals surface area contributed by atoms with Crippen LogP contribution in [0.4, 0.5) is 5.69 Å². The minimum absolute atomic E-state index is 0.101. The van der Waals surface area contributed by atoms with E-state index in [0.29, 0.717) is 11.3 Å². The number of hydrogen-bond donors (Lipinski definition) is 1. The summed E-state index contributed by atoms with van der Waals surface area (Å²) in [5.41, 5.74) is 1.27. The third kappa shape index (κ3) is 4.55. The average molecular weight is 458 g/mol. The van der Waals surface area contributed by atoms with Crippen molar-refractivity contribution in [2.45, 2.75) is 4.90 Å². The van der Waals surface area contributed by atoms with Crippen LogP contribution in [-0.2, 0) is 9.84 Å². The van der Waals surface area contributed by atoms with E-state index < -0.39 is 15.7 Å². The number of carbonyl (C=O) groups is 2. The zero-order valence-electron chi connectivity index (χ0n) is 14.8. The van der Waals surface area contributed by atoms with Crippen LogP contribution >= 0.6 is 15.9 Å². The molecule has 3 rings (SSSR count). The molecule has 0 spiro atoms. The van der Waals surface area contributed by atoms with Crippen molar-refractivity contribution in [3.8, 4) is 0 Å². The van der Waals surface area contributed by atoms with Crippen molar-refractivity contribution in [3.05, 3.63) is 94.0 Å². The molecule has 0 radical (unpaired) electrons. The predicted molar refractivity (Wildman–Crippen MR) is 112 cm³/mol. The zero-order valence-corrected chi connectivity index (χ0v) is 17.2. The Kier molecular flexibility index (Phi) is 5.76. The molecule has 3 aromatic carbocycles. The third-order valence-corrected chi connectivity index (χ3v) is 5.68. The molecule has 0 saturated heterocycles. The number of hydrogen-bond acceptors (Lipinski definition) is 4. The van der Waals surface area contributed by atoms with Crippen LogP contribution in [0.2, 0.25) is 0 Å². The Hall–Kier alpha value is -2.77. The van der Waals surface area contributed by atoms with Crippen LogP contribution in [0, 0.1) is 0 Å². The van der Waals surface area contributed by atoms with Crippen LogP contribution in [0.25, 0.3) is 0 Å². The molecule has 0 aromatic heterocycles. The van der Waals surface area contributed by atoms with E-state index in [1.54, 1.807) is 60.7 Å². The minimum atomic E-state index is -3.40. The Morgan fingerprint density at radius 2 is 1.50 bits per heavy atom. The second kappa shape index (κ2) is 8.08. The minimum Gasteiger partial charge on any atom is -0.322 e. The van der Waals surface area contributed by atoms with Crippen molar-refractivity contribution >= 4 is 43.1 Å². The summed E-state index contributed by atoms with van der Waals surface area (Å²) in [5.74, 6) is -0.769. The van der Waals surface area contributed by atoms with Gasteiger partial charge in [0, 0.05) is 27.5 Å². The highest BCUT2D eigenvalue weighted by atomic mass is 79.9. The molecule has 1 N–H and O–H groups in total. The predicted octanol–water partition coefficient (Wildman–Crippen LogP) is 4.34. The van der Waals surface area contributed by atoms with Gasteiger partial charge in [-0.2, -0.15) is 0 Å². The molecule has 0 heterocycles. The first kappa shape index (κ1) is 20.0. The molecule has 0 aliphatic rings. The maximum atomic E-state index is 12.8. The first-order chi connectivity index (χ1) is 13.3. The largest absolute Gasteiger partial charge is 0.322 e. The molecule has 7 heteroatoms. The highest BCUT2D eigenvalue weighted by Crippen LogP contribution is 2.20. The van der Waals surface area contributed by atoms with Gasteiger partial charge >= 0.3 is 0 Å². The summed E-state index contributed by atoms with van der Waals surface area (Å²) in [6.45, 7) is 0. The number of carbonyl (C=O) groups excluding carboxylic acids is 2. The van der Waals surface area contributed by atoms with Crippen molar-refractivity contribution < 1.29 is 18.0 Å². The van der Waals surface area contributed by atoms with Crippen LogP contribution in [0.1, 0.15) is 26.3 Å². The van der Waals surface area contributed by atoms with Gasteiger partial charge in [0.15, 0.2) is 15.6 Å². The summed E-state index contributed by atoms with van der Waals surface area (Å²) in [6.07, 6.45) is 1.10. The van der Waals surface area contributed by atoms with Gasteiger partial charge in [-0.05, 0) is 48.5 Å². The van der Waals surface area contributed by atoms with E-state index in [2.05, 4.69) is 21.2 Å². The lowest BCUT2D eigenvalue weighted by Crippen LogP contribution is -2.17.